The van der Waals surface area contributed by atoms with E-state index < -0.39 is 24.0 Å². The number of ether oxygens (including phenoxy) is 1. The van der Waals surface area contributed by atoms with Crippen molar-refractivity contribution >= 4 is 45.8 Å². The minimum absolute atomic E-state index is 0.0371. The SMILES string of the molecule is CN[C@@H](C)C(=O)NC1CN(C(=O)CCCCN)c2ccccc2N(Cc2c(OC)ccc3cc(C(=O)O)ccc23)C1=O. The van der Waals surface area contributed by atoms with Gasteiger partial charge in [0.1, 0.15) is 11.8 Å². The quantitative estimate of drug-likeness (QED) is 0.255. The summed E-state index contributed by atoms with van der Waals surface area (Å²) in [4.78, 5) is 55.5. The molecule has 0 bridgehead atoms. The van der Waals surface area contributed by atoms with Crippen molar-refractivity contribution in [1.29, 1.82) is 0 Å². The molecule has 0 spiro atoms. The van der Waals surface area contributed by atoms with Gasteiger partial charge in [-0.3, -0.25) is 14.4 Å². The van der Waals surface area contributed by atoms with Gasteiger partial charge in [-0.25, -0.2) is 4.79 Å². The van der Waals surface area contributed by atoms with Crippen molar-refractivity contribution in [2.45, 2.75) is 44.8 Å². The first-order valence-electron chi connectivity index (χ1n) is 13.9. The molecule has 2 atom stereocenters. The van der Waals surface area contributed by atoms with Gasteiger partial charge in [-0.15, -0.1) is 0 Å². The van der Waals surface area contributed by atoms with E-state index in [2.05, 4.69) is 10.6 Å². The van der Waals surface area contributed by atoms with Crippen molar-refractivity contribution < 1.29 is 29.0 Å². The number of hydrogen-bond donors (Lipinski definition) is 4. The third kappa shape index (κ3) is 6.37. The van der Waals surface area contributed by atoms with Crippen LogP contribution in [0.5, 0.6) is 5.75 Å². The van der Waals surface area contributed by atoms with Crippen molar-refractivity contribution in [2.75, 3.05) is 37.0 Å². The van der Waals surface area contributed by atoms with E-state index in [9.17, 15) is 24.3 Å². The van der Waals surface area contributed by atoms with Crippen molar-refractivity contribution in [1.82, 2.24) is 10.6 Å². The van der Waals surface area contributed by atoms with Crippen molar-refractivity contribution in [2.24, 2.45) is 5.73 Å². The monoisotopic (exact) mass is 575 g/mol. The second-order valence-corrected chi connectivity index (χ2v) is 10.2. The molecule has 1 unspecified atom stereocenters. The molecule has 42 heavy (non-hydrogen) atoms. The predicted octanol–water partition coefficient (Wildman–Crippen LogP) is 2.65. The minimum atomic E-state index is -1.04. The Labute approximate surface area is 244 Å². The van der Waals surface area contributed by atoms with Gasteiger partial charge in [-0.05, 0) is 74.5 Å². The number of nitrogens with one attached hydrogen (secondary N) is 2. The Kier molecular flexibility index (Phi) is 9.76. The molecular formula is C31H37N5O6. The molecule has 3 aromatic carbocycles. The van der Waals surface area contributed by atoms with Gasteiger partial charge in [-0.2, -0.15) is 0 Å². The Morgan fingerprint density at radius 1 is 1.10 bits per heavy atom. The summed E-state index contributed by atoms with van der Waals surface area (Å²) in [5.74, 6) is -1.47. The average Bonchev–Trinajstić information content (AvgIpc) is 3.11. The molecule has 5 N–H and O–H groups in total. The number of carbonyl (C=O) groups is 4. The Bertz CT molecular complexity index is 1490. The molecule has 1 heterocycles. The van der Waals surface area contributed by atoms with E-state index in [0.29, 0.717) is 52.8 Å². The van der Waals surface area contributed by atoms with Crippen LogP contribution in [0.15, 0.2) is 54.6 Å². The summed E-state index contributed by atoms with van der Waals surface area (Å²) in [7, 11) is 3.18. The van der Waals surface area contributed by atoms with Crippen LogP contribution < -0.4 is 30.9 Å². The minimum Gasteiger partial charge on any atom is -0.496 e. The summed E-state index contributed by atoms with van der Waals surface area (Å²) in [5.41, 5.74) is 7.50. The van der Waals surface area contributed by atoms with Crippen LogP contribution in [0.3, 0.4) is 0 Å². The second kappa shape index (κ2) is 13.5. The summed E-state index contributed by atoms with van der Waals surface area (Å²) >= 11 is 0. The smallest absolute Gasteiger partial charge is 0.335 e. The number of nitrogens with two attached hydrogens (primary N) is 1. The first-order chi connectivity index (χ1) is 20.2. The second-order valence-electron chi connectivity index (χ2n) is 10.2. The number of para-hydroxylation sites is 2. The van der Waals surface area contributed by atoms with Gasteiger partial charge in [0.2, 0.25) is 11.8 Å². The number of rotatable bonds is 11. The van der Waals surface area contributed by atoms with E-state index in [4.69, 9.17) is 10.5 Å². The van der Waals surface area contributed by atoms with Crippen LogP contribution in [0.4, 0.5) is 11.4 Å². The fourth-order valence-corrected chi connectivity index (χ4v) is 5.10. The number of carboxylic acid groups (broad SMARTS) is 1. The molecule has 222 valence electrons. The topological polar surface area (TPSA) is 154 Å². The molecular weight excluding hydrogens is 538 g/mol. The number of anilines is 2. The van der Waals surface area contributed by atoms with Gasteiger partial charge < -0.3 is 36.0 Å². The number of carboxylic acids is 1. The highest BCUT2D eigenvalue weighted by molar-refractivity contribution is 6.08. The number of amides is 3. The maximum atomic E-state index is 14.3. The van der Waals surface area contributed by atoms with Gasteiger partial charge in [0.05, 0.1) is 43.2 Å². The van der Waals surface area contributed by atoms with Crippen LogP contribution in [-0.4, -0.2) is 68.1 Å². The number of nitrogens with zero attached hydrogens (tertiary/aromatic N) is 2. The lowest BCUT2D eigenvalue weighted by Gasteiger charge is -2.27. The number of likely N-dealkylation sites (N-methyl/N-ethyl adjacent to an activating group) is 1. The molecule has 0 fully saturated rings. The van der Waals surface area contributed by atoms with Crippen LogP contribution in [-0.2, 0) is 20.9 Å². The zero-order chi connectivity index (χ0) is 30.4. The Morgan fingerprint density at radius 2 is 1.83 bits per heavy atom. The Morgan fingerprint density at radius 3 is 2.50 bits per heavy atom. The van der Waals surface area contributed by atoms with E-state index in [0.717, 1.165) is 0 Å². The highest BCUT2D eigenvalue weighted by atomic mass is 16.5. The highest BCUT2D eigenvalue weighted by Gasteiger charge is 2.37. The third-order valence-corrected chi connectivity index (χ3v) is 7.55. The van der Waals surface area contributed by atoms with Crippen LogP contribution in [0.1, 0.15) is 42.1 Å². The Hall–Kier alpha value is -4.48. The summed E-state index contributed by atoms with van der Waals surface area (Å²) in [6.07, 6.45) is 1.54. The first-order valence-corrected chi connectivity index (χ1v) is 13.9. The Balaban J connectivity index is 1.84. The summed E-state index contributed by atoms with van der Waals surface area (Å²) in [6.45, 7) is 2.17. The van der Waals surface area contributed by atoms with E-state index in [1.165, 1.54) is 13.2 Å². The largest absolute Gasteiger partial charge is 0.496 e. The van der Waals surface area contributed by atoms with Gasteiger partial charge >= 0.3 is 5.97 Å². The van der Waals surface area contributed by atoms with Crippen LogP contribution in [0.2, 0.25) is 0 Å². The van der Waals surface area contributed by atoms with Gasteiger partial charge in [0.25, 0.3) is 5.91 Å². The van der Waals surface area contributed by atoms with Crippen molar-refractivity contribution in [3.63, 3.8) is 0 Å². The summed E-state index contributed by atoms with van der Waals surface area (Å²) in [5, 5.41) is 16.6. The zero-order valence-corrected chi connectivity index (χ0v) is 24.1. The number of methoxy groups -OCH3 is 1. The number of benzene rings is 3. The molecule has 0 radical (unpaired) electrons. The lowest BCUT2D eigenvalue weighted by Crippen LogP contribution is -2.55. The molecule has 4 rings (SSSR count). The molecule has 0 aliphatic carbocycles. The molecule has 3 amide bonds. The first kappa shape index (κ1) is 30.5. The van der Waals surface area contributed by atoms with E-state index in [-0.39, 0.29) is 36.9 Å². The number of hydrogen-bond acceptors (Lipinski definition) is 7. The van der Waals surface area contributed by atoms with E-state index in [1.807, 2.05) is 0 Å². The predicted molar refractivity (Wildman–Crippen MR) is 161 cm³/mol. The number of carbonyl (C=O) groups excluding carboxylic acids is 3. The molecule has 0 saturated heterocycles. The van der Waals surface area contributed by atoms with Gasteiger partial charge in [0.15, 0.2) is 0 Å². The number of unbranched alkanes of at least 4 members (excludes halogenated alkanes) is 1. The molecule has 1 aliphatic heterocycles. The maximum Gasteiger partial charge on any atom is 0.335 e. The fraction of sp³-hybridized carbons (Fsp3) is 0.355. The van der Waals surface area contributed by atoms with Crippen LogP contribution >= 0.6 is 0 Å². The van der Waals surface area contributed by atoms with E-state index >= 15 is 0 Å². The molecule has 0 saturated carbocycles. The lowest BCUT2D eigenvalue weighted by molar-refractivity contribution is -0.128. The summed E-state index contributed by atoms with van der Waals surface area (Å²) < 4.78 is 5.67. The van der Waals surface area contributed by atoms with Gasteiger partial charge in [-0.1, -0.05) is 24.3 Å². The number of aromatic carboxylic acids is 1. The van der Waals surface area contributed by atoms with Crippen LogP contribution in [0.25, 0.3) is 10.8 Å². The standard InChI is InChI=1S/C31H37N5O6/c1-19(33-2)29(38)34-24-18-35(28(37)10-6-7-15-32)25-8-4-5-9-26(25)36(30(24)39)17-23-22-13-11-21(31(40)41)16-20(22)12-14-27(23)42-3/h4-5,8-9,11-14,16,19,24,33H,6-7,10,15,17-18,32H2,1-3H3,(H,34,38)(H,40,41)/t19-,24?/m0/s1. The normalized spacial score (nSPS) is 15.6. The molecule has 3 aromatic rings. The van der Waals surface area contributed by atoms with Crippen LogP contribution in [0, 0.1) is 0 Å². The zero-order valence-electron chi connectivity index (χ0n) is 24.1. The van der Waals surface area contributed by atoms with Gasteiger partial charge in [0, 0.05) is 12.0 Å². The van der Waals surface area contributed by atoms with Crippen molar-refractivity contribution in [3.05, 3.63) is 65.7 Å². The van der Waals surface area contributed by atoms with Crippen molar-refractivity contribution in [3.8, 4) is 5.75 Å². The maximum absolute atomic E-state index is 14.3. The summed E-state index contributed by atoms with van der Waals surface area (Å²) in [6, 6.07) is 13.8. The lowest BCUT2D eigenvalue weighted by atomic mass is 10.00. The highest BCUT2D eigenvalue weighted by Crippen LogP contribution is 2.37. The molecule has 11 heteroatoms. The third-order valence-electron chi connectivity index (χ3n) is 7.55. The average molecular weight is 576 g/mol. The number of fused-ring (bicyclic) bond motifs is 2. The van der Waals surface area contributed by atoms with E-state index in [1.54, 1.807) is 72.3 Å². The molecule has 0 aromatic heterocycles. The molecule has 1 aliphatic rings. The fourth-order valence-electron chi connectivity index (χ4n) is 5.10. The molecule has 11 nitrogen and oxygen atoms in total.